The van der Waals surface area contributed by atoms with Gasteiger partial charge in [0.15, 0.2) is 11.5 Å². The lowest BCUT2D eigenvalue weighted by Gasteiger charge is -2.04. The van der Waals surface area contributed by atoms with E-state index in [1.165, 1.54) is 0 Å². The number of rotatable bonds is 6. The smallest absolute Gasteiger partial charge is 0.273 e. The van der Waals surface area contributed by atoms with E-state index < -0.39 is 0 Å². The quantitative estimate of drug-likeness (QED) is 0.555. The standard InChI is InChI=1S/C20H19N5O3/c1-13-15(11-23-25(13)2)10-22-20(26)19-9-17(28-24-19)12-27-16-5-6-18-14(8-16)4-3-7-21-18/h3-9,11H,10,12H2,1-2H3,(H,22,26). The summed E-state index contributed by atoms with van der Waals surface area (Å²) in [7, 11) is 1.86. The number of carbonyl (C=O) groups is 1. The molecule has 0 atom stereocenters. The lowest BCUT2D eigenvalue weighted by molar-refractivity contribution is 0.0941. The van der Waals surface area contributed by atoms with Gasteiger partial charge in [-0.3, -0.25) is 14.5 Å². The van der Waals surface area contributed by atoms with Gasteiger partial charge in [-0.05, 0) is 31.2 Å². The Balaban J connectivity index is 1.35. The van der Waals surface area contributed by atoms with Gasteiger partial charge >= 0.3 is 0 Å². The van der Waals surface area contributed by atoms with E-state index >= 15 is 0 Å². The van der Waals surface area contributed by atoms with Crippen LogP contribution in [0.1, 0.15) is 27.5 Å². The average molecular weight is 377 g/mol. The number of hydrogen-bond donors (Lipinski definition) is 1. The molecule has 3 aromatic heterocycles. The second-order valence-electron chi connectivity index (χ2n) is 6.39. The number of aromatic nitrogens is 4. The van der Waals surface area contributed by atoms with Gasteiger partial charge in [0.05, 0.1) is 11.7 Å². The van der Waals surface area contributed by atoms with Crippen LogP contribution < -0.4 is 10.1 Å². The van der Waals surface area contributed by atoms with Crippen molar-refractivity contribution in [3.8, 4) is 5.75 Å². The van der Waals surface area contributed by atoms with E-state index in [1.807, 2.05) is 44.3 Å². The van der Waals surface area contributed by atoms with E-state index in [1.54, 1.807) is 23.1 Å². The van der Waals surface area contributed by atoms with Crippen LogP contribution in [0, 0.1) is 6.92 Å². The molecular weight excluding hydrogens is 358 g/mol. The highest BCUT2D eigenvalue weighted by Crippen LogP contribution is 2.20. The molecule has 0 bridgehead atoms. The van der Waals surface area contributed by atoms with Gasteiger partial charge in [-0.15, -0.1) is 0 Å². The number of benzene rings is 1. The molecule has 8 heteroatoms. The van der Waals surface area contributed by atoms with Crippen LogP contribution in [-0.2, 0) is 20.2 Å². The number of aryl methyl sites for hydroxylation is 1. The number of pyridine rings is 1. The molecule has 1 amide bonds. The zero-order valence-electron chi connectivity index (χ0n) is 15.5. The Kier molecular flexibility index (Phi) is 4.76. The highest BCUT2D eigenvalue weighted by molar-refractivity contribution is 5.92. The largest absolute Gasteiger partial charge is 0.486 e. The van der Waals surface area contributed by atoms with Crippen molar-refractivity contribution in [2.75, 3.05) is 0 Å². The summed E-state index contributed by atoms with van der Waals surface area (Å²) in [5.74, 6) is 0.846. The van der Waals surface area contributed by atoms with Crippen molar-refractivity contribution >= 4 is 16.8 Å². The van der Waals surface area contributed by atoms with E-state index in [0.717, 1.165) is 22.2 Å². The molecule has 0 aliphatic carbocycles. The number of nitrogens with one attached hydrogen (secondary N) is 1. The van der Waals surface area contributed by atoms with Crippen LogP contribution in [0.3, 0.4) is 0 Å². The fourth-order valence-electron chi connectivity index (χ4n) is 2.77. The normalized spacial score (nSPS) is 10.9. The molecule has 4 rings (SSSR count). The van der Waals surface area contributed by atoms with Gasteiger partial charge in [-0.25, -0.2) is 0 Å². The molecule has 0 fully saturated rings. The molecule has 0 aliphatic heterocycles. The van der Waals surface area contributed by atoms with Crippen molar-refractivity contribution in [3.05, 3.63) is 71.5 Å². The summed E-state index contributed by atoms with van der Waals surface area (Å²) < 4.78 is 12.7. The Morgan fingerprint density at radius 3 is 3.00 bits per heavy atom. The number of fused-ring (bicyclic) bond motifs is 1. The summed E-state index contributed by atoms with van der Waals surface area (Å²) in [6, 6.07) is 11.1. The molecule has 0 saturated heterocycles. The van der Waals surface area contributed by atoms with Gasteiger partial charge in [0.25, 0.3) is 5.91 Å². The van der Waals surface area contributed by atoms with Crippen LogP contribution in [-0.4, -0.2) is 25.8 Å². The van der Waals surface area contributed by atoms with Crippen molar-refractivity contribution in [3.63, 3.8) is 0 Å². The van der Waals surface area contributed by atoms with Gasteiger partial charge in [0.1, 0.15) is 12.4 Å². The van der Waals surface area contributed by atoms with Crippen LogP contribution in [0.4, 0.5) is 0 Å². The molecule has 8 nitrogen and oxygen atoms in total. The summed E-state index contributed by atoms with van der Waals surface area (Å²) in [4.78, 5) is 16.5. The number of carbonyl (C=O) groups excluding carboxylic acids is 1. The fraction of sp³-hybridized carbons (Fsp3) is 0.200. The van der Waals surface area contributed by atoms with Crippen molar-refractivity contribution in [1.82, 2.24) is 25.2 Å². The van der Waals surface area contributed by atoms with Gasteiger partial charge in [-0.1, -0.05) is 11.2 Å². The summed E-state index contributed by atoms with van der Waals surface area (Å²) in [5.41, 5.74) is 3.06. The predicted octanol–water partition coefficient (Wildman–Crippen LogP) is 2.77. The first-order valence-electron chi connectivity index (χ1n) is 8.79. The minimum atomic E-state index is -0.310. The number of amides is 1. The highest BCUT2D eigenvalue weighted by atomic mass is 16.5. The third-order valence-corrected chi connectivity index (χ3v) is 4.52. The molecule has 0 radical (unpaired) electrons. The van der Waals surface area contributed by atoms with Crippen molar-refractivity contribution in [1.29, 1.82) is 0 Å². The second kappa shape index (κ2) is 7.51. The monoisotopic (exact) mass is 377 g/mol. The maximum atomic E-state index is 12.3. The van der Waals surface area contributed by atoms with Crippen LogP contribution in [0.15, 0.2) is 53.3 Å². The van der Waals surface area contributed by atoms with E-state index in [0.29, 0.717) is 18.1 Å². The Labute approximate surface area is 161 Å². The maximum absolute atomic E-state index is 12.3. The Morgan fingerprint density at radius 2 is 2.18 bits per heavy atom. The molecule has 28 heavy (non-hydrogen) atoms. The maximum Gasteiger partial charge on any atom is 0.273 e. The SMILES string of the molecule is Cc1c(CNC(=O)c2cc(COc3ccc4ncccc4c3)on2)cnn1C. The predicted molar refractivity (Wildman–Crippen MR) is 102 cm³/mol. The summed E-state index contributed by atoms with van der Waals surface area (Å²) >= 11 is 0. The molecular formula is C20H19N5O3. The first-order chi connectivity index (χ1) is 13.6. The molecule has 1 N–H and O–H groups in total. The number of nitrogens with zero attached hydrogens (tertiary/aromatic N) is 4. The number of ether oxygens (including phenoxy) is 1. The Hall–Kier alpha value is -3.68. The Morgan fingerprint density at radius 1 is 1.29 bits per heavy atom. The Bertz CT molecular complexity index is 1130. The molecule has 142 valence electrons. The lowest BCUT2D eigenvalue weighted by Crippen LogP contribution is -2.23. The second-order valence-corrected chi connectivity index (χ2v) is 6.39. The summed E-state index contributed by atoms with van der Waals surface area (Å²) in [6.45, 7) is 2.50. The van der Waals surface area contributed by atoms with Crippen molar-refractivity contribution in [2.24, 2.45) is 7.05 Å². The molecule has 1 aromatic carbocycles. The van der Waals surface area contributed by atoms with E-state index in [2.05, 4.69) is 20.6 Å². The van der Waals surface area contributed by atoms with Crippen LogP contribution in [0.5, 0.6) is 5.75 Å². The van der Waals surface area contributed by atoms with Crippen LogP contribution in [0.25, 0.3) is 10.9 Å². The summed E-state index contributed by atoms with van der Waals surface area (Å²) in [5, 5.41) is 11.8. The third kappa shape index (κ3) is 3.71. The van der Waals surface area contributed by atoms with Crippen LogP contribution in [0.2, 0.25) is 0 Å². The van der Waals surface area contributed by atoms with Gasteiger partial charge in [0, 0.05) is 42.5 Å². The lowest BCUT2D eigenvalue weighted by atomic mass is 10.2. The highest BCUT2D eigenvalue weighted by Gasteiger charge is 2.14. The molecule has 0 unspecified atom stereocenters. The van der Waals surface area contributed by atoms with Crippen molar-refractivity contribution in [2.45, 2.75) is 20.1 Å². The molecule has 4 aromatic rings. The van der Waals surface area contributed by atoms with E-state index in [4.69, 9.17) is 9.26 Å². The average Bonchev–Trinajstić information content (AvgIpc) is 3.32. The first-order valence-corrected chi connectivity index (χ1v) is 8.79. The fourth-order valence-corrected chi connectivity index (χ4v) is 2.77. The first kappa shape index (κ1) is 17.7. The third-order valence-electron chi connectivity index (χ3n) is 4.52. The van der Waals surface area contributed by atoms with E-state index in [9.17, 15) is 4.79 Å². The molecule has 0 saturated carbocycles. The van der Waals surface area contributed by atoms with Gasteiger partial charge in [0.2, 0.25) is 0 Å². The van der Waals surface area contributed by atoms with E-state index in [-0.39, 0.29) is 18.2 Å². The minimum absolute atomic E-state index is 0.174. The van der Waals surface area contributed by atoms with Gasteiger partial charge in [-0.2, -0.15) is 5.10 Å². The minimum Gasteiger partial charge on any atom is -0.486 e. The van der Waals surface area contributed by atoms with Gasteiger partial charge < -0.3 is 14.6 Å². The zero-order valence-corrected chi connectivity index (χ0v) is 15.5. The number of hydrogen-bond acceptors (Lipinski definition) is 6. The van der Waals surface area contributed by atoms with Crippen LogP contribution >= 0.6 is 0 Å². The molecule has 3 heterocycles. The van der Waals surface area contributed by atoms with Crippen molar-refractivity contribution < 1.29 is 14.1 Å². The topological polar surface area (TPSA) is 95.1 Å². The summed E-state index contributed by atoms with van der Waals surface area (Å²) in [6.07, 6.45) is 3.48. The zero-order chi connectivity index (χ0) is 19.5. The molecule has 0 aliphatic rings. The molecule has 0 spiro atoms.